The molecule has 4 nitrogen and oxygen atoms in total. The first-order valence-corrected chi connectivity index (χ1v) is 8.67. The SMILES string of the molecule is CC(C)(C)OC(=O)Cn1ccc2cc(-c3ccc(OC(F)(F)F)cc3)ccc21. The molecule has 0 amide bonds. The van der Waals surface area contributed by atoms with Crippen LogP contribution in [-0.2, 0) is 16.1 Å². The van der Waals surface area contributed by atoms with Gasteiger partial charge in [-0.15, -0.1) is 13.2 Å². The van der Waals surface area contributed by atoms with Gasteiger partial charge in [0.2, 0.25) is 0 Å². The van der Waals surface area contributed by atoms with E-state index >= 15 is 0 Å². The van der Waals surface area contributed by atoms with Gasteiger partial charge in [0.05, 0.1) is 0 Å². The summed E-state index contributed by atoms with van der Waals surface area (Å²) in [6.45, 7) is 5.55. The lowest BCUT2D eigenvalue weighted by Gasteiger charge is -2.19. The molecule has 0 saturated heterocycles. The lowest BCUT2D eigenvalue weighted by Crippen LogP contribution is -2.26. The molecule has 0 bridgehead atoms. The van der Waals surface area contributed by atoms with Gasteiger partial charge in [-0.05, 0) is 62.2 Å². The molecule has 7 heteroatoms. The van der Waals surface area contributed by atoms with E-state index in [1.807, 2.05) is 45.0 Å². The fourth-order valence-electron chi connectivity index (χ4n) is 2.88. The summed E-state index contributed by atoms with van der Waals surface area (Å²) >= 11 is 0. The first kappa shape index (κ1) is 19.8. The lowest BCUT2D eigenvalue weighted by molar-refractivity contribution is -0.274. The highest BCUT2D eigenvalue weighted by Gasteiger charge is 2.31. The summed E-state index contributed by atoms with van der Waals surface area (Å²) in [7, 11) is 0. The zero-order valence-electron chi connectivity index (χ0n) is 15.7. The first-order chi connectivity index (χ1) is 13.0. The number of halogens is 3. The van der Waals surface area contributed by atoms with E-state index < -0.39 is 12.0 Å². The third kappa shape index (κ3) is 5.06. The fourth-order valence-corrected chi connectivity index (χ4v) is 2.88. The third-order valence-corrected chi connectivity index (χ3v) is 3.91. The summed E-state index contributed by atoms with van der Waals surface area (Å²) in [6.07, 6.45) is -2.91. The van der Waals surface area contributed by atoms with Crippen LogP contribution in [0.4, 0.5) is 13.2 Å². The molecule has 1 aromatic heterocycles. The summed E-state index contributed by atoms with van der Waals surface area (Å²) in [6, 6.07) is 13.2. The molecule has 148 valence electrons. The maximum absolute atomic E-state index is 12.3. The molecule has 0 radical (unpaired) electrons. The van der Waals surface area contributed by atoms with E-state index in [9.17, 15) is 18.0 Å². The summed E-state index contributed by atoms with van der Waals surface area (Å²) < 4.78 is 47.8. The fraction of sp³-hybridized carbons (Fsp3) is 0.286. The number of aromatic nitrogens is 1. The second kappa shape index (κ2) is 7.22. The van der Waals surface area contributed by atoms with Gasteiger partial charge in [-0.1, -0.05) is 18.2 Å². The zero-order valence-corrected chi connectivity index (χ0v) is 15.7. The Morgan fingerprint density at radius 3 is 2.21 bits per heavy atom. The molecule has 0 aliphatic heterocycles. The van der Waals surface area contributed by atoms with Crippen LogP contribution in [0.15, 0.2) is 54.7 Å². The van der Waals surface area contributed by atoms with E-state index in [0.29, 0.717) is 0 Å². The van der Waals surface area contributed by atoms with Gasteiger partial charge in [0.15, 0.2) is 0 Å². The lowest BCUT2D eigenvalue weighted by atomic mass is 10.0. The number of carbonyl (C=O) groups excluding carboxylic acids is 1. The summed E-state index contributed by atoms with van der Waals surface area (Å²) in [5.74, 6) is -0.588. The van der Waals surface area contributed by atoms with E-state index in [1.165, 1.54) is 12.1 Å². The number of fused-ring (bicyclic) bond motifs is 1. The Morgan fingerprint density at radius 1 is 0.964 bits per heavy atom. The molecular formula is C21H20F3NO3. The first-order valence-electron chi connectivity index (χ1n) is 8.67. The van der Waals surface area contributed by atoms with Crippen molar-refractivity contribution in [1.29, 1.82) is 0 Å². The number of rotatable bonds is 4. The Morgan fingerprint density at radius 2 is 1.61 bits per heavy atom. The maximum Gasteiger partial charge on any atom is 0.573 e. The predicted octanol–water partition coefficient (Wildman–Crippen LogP) is 5.55. The van der Waals surface area contributed by atoms with Crippen molar-refractivity contribution in [2.75, 3.05) is 0 Å². The summed E-state index contributed by atoms with van der Waals surface area (Å²) in [4.78, 5) is 12.1. The molecule has 2 aromatic carbocycles. The third-order valence-electron chi connectivity index (χ3n) is 3.91. The number of esters is 1. The van der Waals surface area contributed by atoms with Crippen LogP contribution in [-0.4, -0.2) is 22.5 Å². The molecule has 0 aliphatic rings. The molecule has 0 fully saturated rings. The Balaban J connectivity index is 1.79. The van der Waals surface area contributed by atoms with Crippen LogP contribution < -0.4 is 4.74 Å². The quantitative estimate of drug-likeness (QED) is 0.548. The Kier molecular flexibility index (Phi) is 5.10. The van der Waals surface area contributed by atoms with Gasteiger partial charge in [-0.25, -0.2) is 0 Å². The second-order valence-corrected chi connectivity index (χ2v) is 7.38. The van der Waals surface area contributed by atoms with Crippen molar-refractivity contribution >= 4 is 16.9 Å². The molecule has 0 saturated carbocycles. The molecule has 0 atom stereocenters. The van der Waals surface area contributed by atoms with Crippen LogP contribution in [0.25, 0.3) is 22.0 Å². The molecule has 28 heavy (non-hydrogen) atoms. The highest BCUT2D eigenvalue weighted by molar-refractivity contribution is 5.86. The maximum atomic E-state index is 12.3. The standard InChI is InChI=1S/C21H20F3NO3/c1-20(2,3)28-19(26)13-25-11-10-16-12-15(6-9-18(16)25)14-4-7-17(8-5-14)27-21(22,23)24/h4-12H,13H2,1-3H3. The number of hydrogen-bond donors (Lipinski definition) is 0. The molecule has 0 aliphatic carbocycles. The van der Waals surface area contributed by atoms with Crippen LogP contribution in [0.5, 0.6) is 5.75 Å². The van der Waals surface area contributed by atoms with Crippen LogP contribution in [0.2, 0.25) is 0 Å². The van der Waals surface area contributed by atoms with Crippen LogP contribution >= 0.6 is 0 Å². The minimum Gasteiger partial charge on any atom is -0.459 e. The van der Waals surface area contributed by atoms with Crippen LogP contribution in [0.3, 0.4) is 0 Å². The second-order valence-electron chi connectivity index (χ2n) is 7.38. The van der Waals surface area contributed by atoms with Crippen molar-refractivity contribution in [1.82, 2.24) is 4.57 Å². The molecule has 3 rings (SSSR count). The van der Waals surface area contributed by atoms with Gasteiger partial charge < -0.3 is 14.0 Å². The van der Waals surface area contributed by atoms with Gasteiger partial charge in [0.1, 0.15) is 17.9 Å². The number of alkyl halides is 3. The van der Waals surface area contributed by atoms with Crippen molar-refractivity contribution in [2.24, 2.45) is 0 Å². The highest BCUT2D eigenvalue weighted by Crippen LogP contribution is 2.29. The summed E-state index contributed by atoms with van der Waals surface area (Å²) in [5, 5.41) is 0.914. The minimum absolute atomic E-state index is 0.101. The molecule has 0 N–H and O–H groups in total. The van der Waals surface area contributed by atoms with Gasteiger partial charge in [-0.2, -0.15) is 0 Å². The predicted molar refractivity (Wildman–Crippen MR) is 99.9 cm³/mol. The number of nitrogens with zero attached hydrogens (tertiary/aromatic N) is 1. The minimum atomic E-state index is -4.71. The van der Waals surface area contributed by atoms with Crippen LogP contribution in [0.1, 0.15) is 20.8 Å². The van der Waals surface area contributed by atoms with Gasteiger partial charge in [0.25, 0.3) is 0 Å². The number of benzene rings is 2. The van der Waals surface area contributed by atoms with Gasteiger partial charge in [0, 0.05) is 17.1 Å². The van der Waals surface area contributed by atoms with Crippen molar-refractivity contribution in [3.05, 3.63) is 54.7 Å². The van der Waals surface area contributed by atoms with Crippen molar-refractivity contribution < 1.29 is 27.4 Å². The van der Waals surface area contributed by atoms with E-state index in [1.54, 1.807) is 22.9 Å². The van der Waals surface area contributed by atoms with E-state index in [-0.39, 0.29) is 18.3 Å². The average Bonchev–Trinajstić information content (AvgIpc) is 2.94. The van der Waals surface area contributed by atoms with Crippen molar-refractivity contribution in [3.63, 3.8) is 0 Å². The Bertz CT molecular complexity index is 983. The van der Waals surface area contributed by atoms with E-state index in [0.717, 1.165) is 22.0 Å². The van der Waals surface area contributed by atoms with E-state index in [2.05, 4.69) is 4.74 Å². The monoisotopic (exact) mass is 391 g/mol. The Hall–Kier alpha value is -2.96. The van der Waals surface area contributed by atoms with Gasteiger partial charge >= 0.3 is 12.3 Å². The number of hydrogen-bond acceptors (Lipinski definition) is 3. The average molecular weight is 391 g/mol. The number of carbonyl (C=O) groups is 1. The normalized spacial score (nSPS) is 12.2. The Labute approximate surface area is 160 Å². The summed E-state index contributed by atoms with van der Waals surface area (Å²) in [5.41, 5.74) is 1.93. The highest BCUT2D eigenvalue weighted by atomic mass is 19.4. The molecular weight excluding hydrogens is 371 g/mol. The van der Waals surface area contributed by atoms with Crippen LogP contribution in [0, 0.1) is 0 Å². The molecule has 0 spiro atoms. The topological polar surface area (TPSA) is 40.5 Å². The smallest absolute Gasteiger partial charge is 0.459 e. The van der Waals surface area contributed by atoms with E-state index in [4.69, 9.17) is 4.74 Å². The van der Waals surface area contributed by atoms with Gasteiger partial charge in [-0.3, -0.25) is 4.79 Å². The van der Waals surface area contributed by atoms with Crippen molar-refractivity contribution in [2.45, 2.75) is 39.3 Å². The largest absolute Gasteiger partial charge is 0.573 e. The zero-order chi connectivity index (χ0) is 20.5. The molecule has 1 heterocycles. The number of ether oxygens (including phenoxy) is 2. The molecule has 3 aromatic rings. The van der Waals surface area contributed by atoms with Crippen molar-refractivity contribution in [3.8, 4) is 16.9 Å². The molecule has 0 unspecified atom stereocenters.